The van der Waals surface area contributed by atoms with Gasteiger partial charge in [0.2, 0.25) is 5.91 Å². The molecule has 2 aliphatic heterocycles. The summed E-state index contributed by atoms with van der Waals surface area (Å²) in [6, 6.07) is 6.02. The first-order chi connectivity index (χ1) is 16.1. The van der Waals surface area contributed by atoms with Crippen molar-refractivity contribution in [1.29, 1.82) is 0 Å². The van der Waals surface area contributed by atoms with Gasteiger partial charge in [0.05, 0.1) is 24.9 Å². The highest BCUT2D eigenvalue weighted by Crippen LogP contribution is 2.23. The molecule has 1 aromatic carbocycles. The molecule has 0 aliphatic carbocycles. The number of halogens is 1. The number of aliphatic hydroxyl groups excluding tert-OH is 1. The van der Waals surface area contributed by atoms with Crippen molar-refractivity contribution < 1.29 is 19.0 Å². The van der Waals surface area contributed by atoms with Crippen molar-refractivity contribution in [2.24, 2.45) is 0 Å². The number of nitrogens with zero attached hydrogens (tertiary/aromatic N) is 4. The van der Waals surface area contributed by atoms with E-state index in [1.54, 1.807) is 16.8 Å². The van der Waals surface area contributed by atoms with Gasteiger partial charge in [-0.1, -0.05) is 11.6 Å². The van der Waals surface area contributed by atoms with E-state index in [0.29, 0.717) is 18.7 Å². The second-order valence-electron chi connectivity index (χ2n) is 9.05. The highest BCUT2D eigenvalue weighted by molar-refractivity contribution is 5.76. The molecule has 2 N–H and O–H groups in total. The van der Waals surface area contributed by atoms with Crippen LogP contribution in [0.1, 0.15) is 44.9 Å². The van der Waals surface area contributed by atoms with Crippen LogP contribution in [0.2, 0.25) is 0 Å². The van der Waals surface area contributed by atoms with Crippen LogP contribution in [0.4, 0.5) is 4.39 Å². The largest absolute Gasteiger partial charge is 0.394 e. The lowest BCUT2D eigenvalue weighted by Crippen LogP contribution is -2.51. The van der Waals surface area contributed by atoms with E-state index < -0.39 is 6.10 Å². The number of amides is 1. The monoisotopic (exact) mass is 459 g/mol. The van der Waals surface area contributed by atoms with E-state index in [1.165, 1.54) is 31.4 Å². The average molecular weight is 460 g/mol. The van der Waals surface area contributed by atoms with E-state index in [9.17, 15) is 14.3 Å². The second-order valence-corrected chi connectivity index (χ2v) is 9.05. The molecule has 3 heterocycles. The van der Waals surface area contributed by atoms with E-state index in [0.717, 1.165) is 44.5 Å². The van der Waals surface area contributed by atoms with Crippen LogP contribution in [0.5, 0.6) is 0 Å². The Morgan fingerprint density at radius 1 is 1.15 bits per heavy atom. The number of piperidine rings is 1. The maximum atomic E-state index is 13.1. The van der Waals surface area contributed by atoms with Gasteiger partial charge in [0.25, 0.3) is 0 Å². The van der Waals surface area contributed by atoms with Crippen LogP contribution in [-0.2, 0) is 16.1 Å². The van der Waals surface area contributed by atoms with Crippen molar-refractivity contribution in [3.63, 3.8) is 0 Å². The number of nitrogens with one attached hydrogen (secondary N) is 1. The molecule has 0 radical (unpaired) electrons. The number of aliphatic hydroxyl groups is 1. The van der Waals surface area contributed by atoms with Crippen molar-refractivity contribution >= 4 is 5.91 Å². The zero-order valence-electron chi connectivity index (χ0n) is 19.0. The van der Waals surface area contributed by atoms with Gasteiger partial charge in [-0.05, 0) is 69.5 Å². The summed E-state index contributed by atoms with van der Waals surface area (Å²) in [5.74, 6) is -0.252. The van der Waals surface area contributed by atoms with Gasteiger partial charge in [-0.3, -0.25) is 9.48 Å². The fourth-order valence-corrected chi connectivity index (χ4v) is 4.67. The number of rotatable bonds is 9. The number of hydrogen-bond acceptors (Lipinski definition) is 6. The SMILES string of the molecule is O=C(CCN1CCCCC1)N[C@H]1CC[C@H](CCn2cc(-c3ccc(F)cc3)nn2)O[C@H]1CO. The fraction of sp³-hybridized carbons (Fsp3) is 0.625. The van der Waals surface area contributed by atoms with Crippen LogP contribution in [0, 0.1) is 5.82 Å². The predicted octanol–water partition coefficient (Wildman–Crippen LogP) is 2.38. The summed E-state index contributed by atoms with van der Waals surface area (Å²) >= 11 is 0. The quantitative estimate of drug-likeness (QED) is 0.598. The third kappa shape index (κ3) is 6.82. The van der Waals surface area contributed by atoms with Crippen molar-refractivity contribution in [2.75, 3.05) is 26.2 Å². The molecular weight excluding hydrogens is 425 g/mol. The summed E-state index contributed by atoms with van der Waals surface area (Å²) in [5, 5.41) is 21.2. The van der Waals surface area contributed by atoms with Crippen LogP contribution in [0.15, 0.2) is 30.5 Å². The second kappa shape index (κ2) is 11.7. The van der Waals surface area contributed by atoms with Gasteiger partial charge in [-0.15, -0.1) is 5.10 Å². The molecule has 0 bridgehead atoms. The van der Waals surface area contributed by atoms with Crippen molar-refractivity contribution in [3.8, 4) is 11.3 Å². The fourth-order valence-electron chi connectivity index (χ4n) is 4.67. The van der Waals surface area contributed by atoms with Gasteiger partial charge in [-0.2, -0.15) is 0 Å². The molecule has 180 valence electrons. The molecule has 0 unspecified atom stereocenters. The van der Waals surface area contributed by atoms with Gasteiger partial charge < -0.3 is 20.1 Å². The highest BCUT2D eigenvalue weighted by atomic mass is 19.1. The first kappa shape index (κ1) is 23.8. The first-order valence-electron chi connectivity index (χ1n) is 12.0. The van der Waals surface area contributed by atoms with Crippen LogP contribution in [-0.4, -0.2) is 75.4 Å². The van der Waals surface area contributed by atoms with Gasteiger partial charge in [0.1, 0.15) is 17.6 Å². The maximum absolute atomic E-state index is 13.1. The van der Waals surface area contributed by atoms with Crippen LogP contribution >= 0.6 is 0 Å². The topological polar surface area (TPSA) is 92.5 Å². The van der Waals surface area contributed by atoms with Gasteiger partial charge in [0, 0.05) is 25.1 Å². The molecule has 1 amide bonds. The third-order valence-electron chi connectivity index (χ3n) is 6.60. The van der Waals surface area contributed by atoms with Crippen LogP contribution in [0.3, 0.4) is 0 Å². The minimum Gasteiger partial charge on any atom is -0.394 e. The molecule has 2 aliphatic rings. The minimum atomic E-state index is -0.395. The lowest BCUT2D eigenvalue weighted by atomic mass is 9.97. The number of carbonyl (C=O) groups excluding carboxylic acids is 1. The number of aromatic nitrogens is 3. The van der Waals surface area contributed by atoms with E-state index >= 15 is 0 Å². The Hall–Kier alpha value is -2.36. The first-order valence-corrected chi connectivity index (χ1v) is 12.0. The molecule has 4 rings (SSSR count). The van der Waals surface area contributed by atoms with Crippen LogP contribution in [0.25, 0.3) is 11.3 Å². The molecule has 1 aromatic heterocycles. The molecule has 2 saturated heterocycles. The lowest BCUT2D eigenvalue weighted by molar-refractivity contribution is -0.129. The molecule has 9 heteroatoms. The number of carbonyl (C=O) groups is 1. The Labute approximate surface area is 194 Å². The molecule has 2 fully saturated rings. The zero-order chi connectivity index (χ0) is 23.0. The standard InChI is InChI=1S/C24H34FN5O3/c25-19-6-4-18(5-7-19)22-16-30(28-27-22)15-10-20-8-9-21(23(17-31)33-20)26-24(32)11-14-29-12-2-1-3-13-29/h4-7,16,20-21,23,31H,1-3,8-15,17H2,(H,26,32)/t20-,21+,23+/m1/s1. The van der Waals surface area contributed by atoms with E-state index in [4.69, 9.17) is 4.74 Å². The Kier molecular flexibility index (Phi) is 8.41. The zero-order valence-corrected chi connectivity index (χ0v) is 19.0. The van der Waals surface area contributed by atoms with Crippen molar-refractivity contribution in [2.45, 2.75) is 69.7 Å². The smallest absolute Gasteiger partial charge is 0.221 e. The van der Waals surface area contributed by atoms with E-state index in [2.05, 4.69) is 20.5 Å². The summed E-state index contributed by atoms with van der Waals surface area (Å²) in [4.78, 5) is 14.8. The van der Waals surface area contributed by atoms with E-state index in [-0.39, 0.29) is 30.5 Å². The third-order valence-corrected chi connectivity index (χ3v) is 6.60. The minimum absolute atomic E-state index is 0.0119. The number of likely N-dealkylation sites (tertiary alicyclic amines) is 1. The molecule has 0 saturated carbocycles. The molecule has 2 aromatic rings. The predicted molar refractivity (Wildman–Crippen MR) is 122 cm³/mol. The van der Waals surface area contributed by atoms with Crippen molar-refractivity contribution in [3.05, 3.63) is 36.3 Å². The van der Waals surface area contributed by atoms with Crippen LogP contribution < -0.4 is 5.32 Å². The highest BCUT2D eigenvalue weighted by Gasteiger charge is 2.31. The molecule has 8 nitrogen and oxygen atoms in total. The van der Waals surface area contributed by atoms with Gasteiger partial charge in [0.15, 0.2) is 0 Å². The molecule has 33 heavy (non-hydrogen) atoms. The van der Waals surface area contributed by atoms with Gasteiger partial charge in [-0.25, -0.2) is 4.39 Å². The molecule has 3 atom stereocenters. The Bertz CT molecular complexity index is 884. The van der Waals surface area contributed by atoms with E-state index in [1.807, 2.05) is 6.20 Å². The normalized spacial score (nSPS) is 24.0. The Balaban J connectivity index is 1.21. The summed E-state index contributed by atoms with van der Waals surface area (Å²) in [6.07, 6.45) is 7.96. The molecule has 0 spiro atoms. The maximum Gasteiger partial charge on any atom is 0.221 e. The number of aryl methyl sites for hydroxylation is 1. The number of hydrogen-bond donors (Lipinski definition) is 2. The molecular formula is C24H34FN5O3. The Morgan fingerprint density at radius 3 is 2.70 bits per heavy atom. The summed E-state index contributed by atoms with van der Waals surface area (Å²) in [7, 11) is 0. The number of benzene rings is 1. The van der Waals surface area contributed by atoms with Gasteiger partial charge >= 0.3 is 0 Å². The summed E-state index contributed by atoms with van der Waals surface area (Å²) in [5.41, 5.74) is 1.51. The lowest BCUT2D eigenvalue weighted by Gasteiger charge is -2.36. The summed E-state index contributed by atoms with van der Waals surface area (Å²) < 4.78 is 21.0. The Morgan fingerprint density at radius 2 is 1.94 bits per heavy atom. The van der Waals surface area contributed by atoms with Crippen molar-refractivity contribution in [1.82, 2.24) is 25.2 Å². The number of ether oxygens (including phenoxy) is 1. The summed E-state index contributed by atoms with van der Waals surface area (Å²) in [6.45, 7) is 3.47. The average Bonchev–Trinajstić information content (AvgIpc) is 3.32.